The minimum Gasteiger partial charge on any atom is -0.350 e. The van der Waals surface area contributed by atoms with Gasteiger partial charge in [0.25, 0.3) is 5.92 Å². The summed E-state index contributed by atoms with van der Waals surface area (Å²) in [6.45, 7) is 3.36. The minimum atomic E-state index is -2.71. The van der Waals surface area contributed by atoms with Gasteiger partial charge in [-0.2, -0.15) is 0 Å². The molecule has 0 aromatic carbocycles. The second-order valence-electron chi connectivity index (χ2n) is 12.7. The van der Waals surface area contributed by atoms with E-state index in [1.807, 2.05) is 17.0 Å². The SMILES string of the molecule is C=CCC1(F)CN(c2cccc(CC(=O)Nc3nnc([C@H]4CC[C@H](c5nnc(NC(=O)Cc6cccc(N7CC(F)(F)C7)n6)s5)C4)s3)n2)C1. The van der Waals surface area contributed by atoms with Crippen LogP contribution in [0.25, 0.3) is 0 Å². The van der Waals surface area contributed by atoms with E-state index in [2.05, 4.69) is 47.6 Å². The summed E-state index contributed by atoms with van der Waals surface area (Å²) in [5, 5.41) is 25.1. The van der Waals surface area contributed by atoms with Crippen molar-refractivity contribution in [2.45, 2.75) is 62.0 Å². The van der Waals surface area contributed by atoms with Crippen molar-refractivity contribution < 1.29 is 22.8 Å². The average molecular weight is 711 g/mol. The van der Waals surface area contributed by atoms with E-state index in [1.54, 1.807) is 30.3 Å². The molecule has 3 aliphatic rings. The quantitative estimate of drug-likeness (QED) is 0.190. The van der Waals surface area contributed by atoms with Gasteiger partial charge in [0.1, 0.15) is 27.3 Å². The molecule has 2 aliphatic heterocycles. The summed E-state index contributed by atoms with van der Waals surface area (Å²) in [5.74, 6) is -1.93. The van der Waals surface area contributed by atoms with E-state index in [0.29, 0.717) is 39.7 Å². The van der Waals surface area contributed by atoms with Gasteiger partial charge in [-0.25, -0.2) is 23.1 Å². The first-order valence-electron chi connectivity index (χ1n) is 15.9. The molecule has 3 fully saturated rings. The highest BCUT2D eigenvalue weighted by molar-refractivity contribution is 7.15. The summed E-state index contributed by atoms with van der Waals surface area (Å²) >= 11 is 2.67. The third-order valence-electron chi connectivity index (χ3n) is 8.72. The number of nitrogens with zero attached hydrogens (tertiary/aromatic N) is 8. The van der Waals surface area contributed by atoms with Gasteiger partial charge in [0.05, 0.1) is 50.4 Å². The number of rotatable bonds is 12. The Balaban J connectivity index is 0.875. The summed E-state index contributed by atoms with van der Waals surface area (Å²) < 4.78 is 41.0. The molecule has 7 rings (SSSR count). The van der Waals surface area contributed by atoms with Crippen LogP contribution in [0.1, 0.15) is 58.9 Å². The number of hydrogen-bond donors (Lipinski definition) is 2. The Labute approximate surface area is 287 Å². The lowest BCUT2D eigenvalue weighted by atomic mass is 9.92. The molecule has 0 unspecified atom stereocenters. The molecule has 1 aliphatic carbocycles. The molecule has 4 aromatic heterocycles. The van der Waals surface area contributed by atoms with Crippen LogP contribution in [-0.4, -0.2) is 79.9 Å². The van der Waals surface area contributed by atoms with Crippen LogP contribution in [0.4, 0.5) is 35.1 Å². The Kier molecular flexibility index (Phi) is 9.04. The second kappa shape index (κ2) is 13.4. The lowest BCUT2D eigenvalue weighted by Crippen LogP contribution is -2.59. The van der Waals surface area contributed by atoms with E-state index in [9.17, 15) is 22.8 Å². The average Bonchev–Trinajstić information content (AvgIpc) is 3.80. The molecule has 4 aromatic rings. The summed E-state index contributed by atoms with van der Waals surface area (Å²) in [7, 11) is 0. The number of carbonyl (C=O) groups excluding carboxylic acids is 2. The van der Waals surface area contributed by atoms with Crippen molar-refractivity contribution in [1.82, 2.24) is 30.4 Å². The first kappa shape index (κ1) is 33.0. The monoisotopic (exact) mass is 710 g/mol. The summed E-state index contributed by atoms with van der Waals surface area (Å²) in [4.78, 5) is 37.7. The van der Waals surface area contributed by atoms with Gasteiger partial charge in [0.2, 0.25) is 22.1 Å². The number of nitrogens with one attached hydrogen (secondary N) is 2. The van der Waals surface area contributed by atoms with E-state index in [1.165, 1.54) is 27.6 Å². The number of halogens is 3. The molecule has 12 nitrogen and oxygen atoms in total. The van der Waals surface area contributed by atoms with Crippen LogP contribution >= 0.6 is 22.7 Å². The number of alkyl halides is 3. The molecule has 2 N–H and O–H groups in total. The van der Waals surface area contributed by atoms with E-state index < -0.39 is 11.6 Å². The van der Waals surface area contributed by atoms with Crippen molar-refractivity contribution in [2.24, 2.45) is 0 Å². The highest BCUT2D eigenvalue weighted by Crippen LogP contribution is 2.45. The van der Waals surface area contributed by atoms with Gasteiger partial charge in [-0.15, -0.1) is 27.0 Å². The number of anilines is 4. The predicted octanol–water partition coefficient (Wildman–Crippen LogP) is 5.15. The van der Waals surface area contributed by atoms with Gasteiger partial charge in [-0.05, 0) is 43.5 Å². The first-order valence-corrected chi connectivity index (χ1v) is 17.5. The van der Waals surface area contributed by atoms with Crippen molar-refractivity contribution in [3.63, 3.8) is 0 Å². The lowest BCUT2D eigenvalue weighted by molar-refractivity contribution is -0.116. The molecular formula is C32H33F3N10O2S2. The van der Waals surface area contributed by atoms with Gasteiger partial charge in [0.15, 0.2) is 0 Å². The predicted molar refractivity (Wildman–Crippen MR) is 180 cm³/mol. The van der Waals surface area contributed by atoms with Crippen molar-refractivity contribution in [2.75, 3.05) is 46.6 Å². The number of carbonyl (C=O) groups is 2. The fourth-order valence-electron chi connectivity index (χ4n) is 6.33. The van der Waals surface area contributed by atoms with Crippen LogP contribution in [-0.2, 0) is 22.4 Å². The number of amides is 2. The Morgan fingerprint density at radius 3 is 1.76 bits per heavy atom. The Morgan fingerprint density at radius 2 is 1.29 bits per heavy atom. The summed E-state index contributed by atoms with van der Waals surface area (Å²) in [5.41, 5.74) is -0.225. The Hall–Kier alpha value is -4.51. The molecule has 2 amide bonds. The molecule has 17 heteroatoms. The van der Waals surface area contributed by atoms with Crippen molar-refractivity contribution in [3.05, 3.63) is 70.5 Å². The van der Waals surface area contributed by atoms with Crippen molar-refractivity contribution in [3.8, 4) is 0 Å². The standard InChI is InChI=1S/C32H33F3N10O2S2/c1-2-11-31(33)15-44(16-31)23-7-3-5-21(36-23)13-25(46)38-29-42-40-27(48-29)19-9-10-20(12-19)28-41-43-30(49-28)39-26(47)14-22-6-4-8-24(37-22)45-17-32(34,35)18-45/h2-8,19-20H,1,9-18H2,(H,38,42,46)(H,39,43,47)/t19-,20-/m0/s1. The fourth-order valence-corrected chi connectivity index (χ4v) is 8.14. The highest BCUT2D eigenvalue weighted by Gasteiger charge is 2.45. The van der Waals surface area contributed by atoms with Crippen LogP contribution in [0.2, 0.25) is 0 Å². The van der Waals surface area contributed by atoms with E-state index in [4.69, 9.17) is 0 Å². The second-order valence-corrected chi connectivity index (χ2v) is 14.8. The maximum Gasteiger partial charge on any atom is 0.282 e. The number of pyridine rings is 2. The van der Waals surface area contributed by atoms with E-state index >= 15 is 0 Å². The molecule has 256 valence electrons. The Bertz CT molecular complexity index is 1860. The molecule has 2 atom stereocenters. The maximum absolute atomic E-state index is 14.5. The number of allylic oxidation sites excluding steroid dienone is 1. The summed E-state index contributed by atoms with van der Waals surface area (Å²) in [6, 6.07) is 10.4. The third-order valence-corrected chi connectivity index (χ3v) is 10.7. The smallest absolute Gasteiger partial charge is 0.282 e. The van der Waals surface area contributed by atoms with Crippen LogP contribution in [0.3, 0.4) is 0 Å². The van der Waals surface area contributed by atoms with Gasteiger partial charge in [-0.1, -0.05) is 40.9 Å². The molecule has 6 heterocycles. The first-order chi connectivity index (χ1) is 23.5. The largest absolute Gasteiger partial charge is 0.350 e. The summed E-state index contributed by atoms with van der Waals surface area (Å²) in [6.07, 6.45) is 4.45. The van der Waals surface area contributed by atoms with Gasteiger partial charge in [-0.3, -0.25) is 9.59 Å². The molecule has 1 saturated carbocycles. The van der Waals surface area contributed by atoms with Crippen LogP contribution < -0.4 is 20.4 Å². The van der Waals surface area contributed by atoms with Gasteiger partial charge < -0.3 is 20.4 Å². The molecule has 0 radical (unpaired) electrons. The molecular weight excluding hydrogens is 678 g/mol. The molecule has 2 saturated heterocycles. The van der Waals surface area contributed by atoms with Gasteiger partial charge in [0, 0.05) is 18.3 Å². The zero-order valence-electron chi connectivity index (χ0n) is 26.3. The number of aromatic nitrogens is 6. The zero-order chi connectivity index (χ0) is 34.2. The molecule has 0 spiro atoms. The normalized spacial score (nSPS) is 20.7. The molecule has 49 heavy (non-hydrogen) atoms. The number of hydrogen-bond acceptors (Lipinski definition) is 12. The highest BCUT2D eigenvalue weighted by atomic mass is 32.1. The van der Waals surface area contributed by atoms with E-state index in [-0.39, 0.29) is 62.7 Å². The molecule has 0 bridgehead atoms. The van der Waals surface area contributed by atoms with Gasteiger partial charge >= 0.3 is 0 Å². The van der Waals surface area contributed by atoms with Crippen molar-refractivity contribution >= 4 is 56.4 Å². The topological polar surface area (TPSA) is 142 Å². The minimum absolute atomic E-state index is 0.0205. The fraction of sp³-hybridized carbons (Fsp3) is 0.438. The third kappa shape index (κ3) is 7.72. The zero-order valence-corrected chi connectivity index (χ0v) is 28.0. The van der Waals surface area contributed by atoms with Crippen LogP contribution in [0.5, 0.6) is 0 Å². The lowest BCUT2D eigenvalue weighted by Gasteiger charge is -2.44. The van der Waals surface area contributed by atoms with Crippen LogP contribution in [0.15, 0.2) is 49.1 Å². The van der Waals surface area contributed by atoms with Crippen LogP contribution in [0, 0.1) is 0 Å². The maximum atomic E-state index is 14.5. The Morgan fingerprint density at radius 1 is 0.796 bits per heavy atom. The van der Waals surface area contributed by atoms with Crippen molar-refractivity contribution in [1.29, 1.82) is 0 Å². The van der Waals surface area contributed by atoms with E-state index in [0.717, 1.165) is 29.3 Å².